The van der Waals surface area contributed by atoms with Gasteiger partial charge in [0.2, 0.25) is 0 Å². The van der Waals surface area contributed by atoms with Gasteiger partial charge in [0.1, 0.15) is 0 Å². The highest BCUT2D eigenvalue weighted by Gasteiger charge is 2.22. The molecule has 2 aromatic carbocycles. The Balaban J connectivity index is 2.28. The highest BCUT2D eigenvalue weighted by atomic mass is 79.9. The summed E-state index contributed by atoms with van der Waals surface area (Å²) in [5, 5.41) is 2.87. The Morgan fingerprint density at radius 2 is 1.88 bits per heavy atom. The van der Waals surface area contributed by atoms with E-state index in [0.717, 1.165) is 10.0 Å². The minimum atomic E-state index is -3.46. The van der Waals surface area contributed by atoms with Crippen molar-refractivity contribution in [2.45, 2.75) is 31.2 Å². The zero-order chi connectivity index (χ0) is 17.7. The molecule has 0 saturated carbocycles. The molecule has 2 rings (SSSR count). The van der Waals surface area contributed by atoms with Gasteiger partial charge in [-0.15, -0.1) is 0 Å². The Hall–Kier alpha value is -1.66. The molecular formula is C18H20BrNO3S. The summed E-state index contributed by atoms with van der Waals surface area (Å²) in [6.07, 6.45) is 0.507. The van der Waals surface area contributed by atoms with Crippen LogP contribution >= 0.6 is 15.9 Å². The van der Waals surface area contributed by atoms with Gasteiger partial charge in [-0.05, 0) is 43.2 Å². The van der Waals surface area contributed by atoms with Crippen molar-refractivity contribution in [2.75, 3.05) is 5.75 Å². The maximum atomic E-state index is 12.6. The number of rotatable bonds is 6. The molecule has 1 unspecified atom stereocenters. The number of amides is 1. The fourth-order valence-corrected chi connectivity index (χ4v) is 4.39. The van der Waals surface area contributed by atoms with Crippen LogP contribution in [0, 0.1) is 0 Å². The van der Waals surface area contributed by atoms with Gasteiger partial charge in [-0.1, -0.05) is 47.1 Å². The second kappa shape index (κ2) is 7.94. The SMILES string of the molecule is CCCS(=O)(=O)c1ccccc1C(=O)NC(C)c1cccc(Br)c1. The number of sulfone groups is 1. The first-order valence-corrected chi connectivity index (χ1v) is 10.2. The Kier molecular flexibility index (Phi) is 6.18. The summed E-state index contributed by atoms with van der Waals surface area (Å²) in [5.74, 6) is -0.365. The lowest BCUT2D eigenvalue weighted by molar-refractivity contribution is 0.0936. The summed E-state index contributed by atoms with van der Waals surface area (Å²) < 4.78 is 25.7. The highest BCUT2D eigenvalue weighted by molar-refractivity contribution is 9.10. The van der Waals surface area contributed by atoms with E-state index in [-0.39, 0.29) is 22.3 Å². The average Bonchev–Trinajstić information content (AvgIpc) is 2.54. The van der Waals surface area contributed by atoms with E-state index >= 15 is 0 Å². The van der Waals surface area contributed by atoms with E-state index in [4.69, 9.17) is 0 Å². The maximum Gasteiger partial charge on any atom is 0.253 e. The van der Waals surface area contributed by atoms with E-state index < -0.39 is 15.7 Å². The molecule has 0 bridgehead atoms. The third-order valence-corrected chi connectivity index (χ3v) is 6.10. The predicted octanol–water partition coefficient (Wildman–Crippen LogP) is 4.12. The van der Waals surface area contributed by atoms with Crippen molar-refractivity contribution in [3.8, 4) is 0 Å². The molecule has 0 spiro atoms. The van der Waals surface area contributed by atoms with E-state index in [9.17, 15) is 13.2 Å². The maximum absolute atomic E-state index is 12.6. The van der Waals surface area contributed by atoms with Gasteiger partial charge in [0.15, 0.2) is 9.84 Å². The molecule has 0 heterocycles. The molecule has 0 aliphatic rings. The van der Waals surface area contributed by atoms with Crippen molar-refractivity contribution >= 4 is 31.7 Å². The molecule has 0 aliphatic carbocycles. The van der Waals surface area contributed by atoms with Crippen LogP contribution in [0.4, 0.5) is 0 Å². The van der Waals surface area contributed by atoms with E-state index in [1.54, 1.807) is 25.1 Å². The lowest BCUT2D eigenvalue weighted by atomic mass is 10.1. The van der Waals surface area contributed by atoms with Crippen molar-refractivity contribution in [2.24, 2.45) is 0 Å². The predicted molar refractivity (Wildman–Crippen MR) is 98.8 cm³/mol. The van der Waals surface area contributed by atoms with Crippen molar-refractivity contribution in [3.05, 3.63) is 64.1 Å². The van der Waals surface area contributed by atoms with Crippen LogP contribution in [0.1, 0.15) is 42.2 Å². The minimum Gasteiger partial charge on any atom is -0.345 e. The molecule has 0 radical (unpaired) electrons. The average molecular weight is 410 g/mol. The van der Waals surface area contributed by atoms with Crippen molar-refractivity contribution in [1.82, 2.24) is 5.32 Å². The number of nitrogens with one attached hydrogen (secondary N) is 1. The Bertz CT molecular complexity index is 834. The van der Waals surface area contributed by atoms with Gasteiger partial charge in [0.05, 0.1) is 22.3 Å². The summed E-state index contributed by atoms with van der Waals surface area (Å²) in [4.78, 5) is 12.7. The highest BCUT2D eigenvalue weighted by Crippen LogP contribution is 2.21. The van der Waals surface area contributed by atoms with Gasteiger partial charge in [-0.25, -0.2) is 8.42 Å². The smallest absolute Gasteiger partial charge is 0.253 e. The first kappa shape index (κ1) is 18.7. The second-order valence-electron chi connectivity index (χ2n) is 5.57. The summed E-state index contributed by atoms with van der Waals surface area (Å²) in [5.41, 5.74) is 1.12. The zero-order valence-electron chi connectivity index (χ0n) is 13.6. The molecule has 0 saturated heterocycles. The zero-order valence-corrected chi connectivity index (χ0v) is 16.0. The Labute approximate surface area is 151 Å². The second-order valence-corrected chi connectivity index (χ2v) is 8.56. The van der Waals surface area contributed by atoms with Crippen LogP contribution in [0.25, 0.3) is 0 Å². The molecule has 1 N–H and O–H groups in total. The summed E-state index contributed by atoms with van der Waals surface area (Å²) in [6.45, 7) is 3.67. The lowest BCUT2D eigenvalue weighted by Gasteiger charge is -2.16. The fourth-order valence-electron chi connectivity index (χ4n) is 2.44. The largest absolute Gasteiger partial charge is 0.345 e. The van der Waals surface area contributed by atoms with Crippen molar-refractivity contribution in [3.63, 3.8) is 0 Å². The third-order valence-electron chi connectivity index (χ3n) is 3.64. The molecule has 1 atom stereocenters. The van der Waals surface area contributed by atoms with Gasteiger partial charge >= 0.3 is 0 Å². The summed E-state index contributed by atoms with van der Waals surface area (Å²) >= 11 is 3.40. The molecular weight excluding hydrogens is 390 g/mol. The molecule has 0 aromatic heterocycles. The quantitative estimate of drug-likeness (QED) is 0.779. The fraction of sp³-hybridized carbons (Fsp3) is 0.278. The van der Waals surface area contributed by atoms with Crippen LogP contribution in [0.5, 0.6) is 0 Å². The molecule has 0 fully saturated rings. The molecule has 4 nitrogen and oxygen atoms in total. The molecule has 0 aliphatic heterocycles. The van der Waals surface area contributed by atoms with Gasteiger partial charge in [0, 0.05) is 4.47 Å². The van der Waals surface area contributed by atoms with Gasteiger partial charge < -0.3 is 5.32 Å². The number of benzene rings is 2. The lowest BCUT2D eigenvalue weighted by Crippen LogP contribution is -2.28. The number of carbonyl (C=O) groups is 1. The topological polar surface area (TPSA) is 63.2 Å². The van der Waals surface area contributed by atoms with E-state index in [1.165, 1.54) is 6.07 Å². The van der Waals surface area contributed by atoms with Gasteiger partial charge in [-0.2, -0.15) is 0 Å². The van der Waals surface area contributed by atoms with Crippen molar-refractivity contribution in [1.29, 1.82) is 0 Å². The van der Waals surface area contributed by atoms with E-state index in [2.05, 4.69) is 21.2 Å². The number of carbonyl (C=O) groups excluding carboxylic acids is 1. The minimum absolute atomic E-state index is 0.0263. The Morgan fingerprint density at radius 1 is 1.17 bits per heavy atom. The number of hydrogen-bond donors (Lipinski definition) is 1. The summed E-state index contributed by atoms with van der Waals surface area (Å²) in [6, 6.07) is 13.7. The number of hydrogen-bond acceptors (Lipinski definition) is 3. The standard InChI is InChI=1S/C18H20BrNO3S/c1-3-11-24(22,23)17-10-5-4-9-16(17)18(21)20-13(2)14-7-6-8-15(19)12-14/h4-10,12-13H,3,11H2,1-2H3,(H,20,21). The van der Waals surface area contributed by atoms with Crippen molar-refractivity contribution < 1.29 is 13.2 Å². The van der Waals surface area contributed by atoms with Gasteiger partial charge in [-0.3, -0.25) is 4.79 Å². The molecule has 6 heteroatoms. The van der Waals surface area contributed by atoms with Crippen LogP contribution in [-0.4, -0.2) is 20.1 Å². The number of halogens is 1. The van der Waals surface area contributed by atoms with Gasteiger partial charge in [0.25, 0.3) is 5.91 Å². The van der Waals surface area contributed by atoms with E-state index in [0.29, 0.717) is 6.42 Å². The monoisotopic (exact) mass is 409 g/mol. The molecule has 128 valence electrons. The first-order chi connectivity index (χ1) is 11.3. The molecule has 1 amide bonds. The van der Waals surface area contributed by atoms with Crippen LogP contribution in [0.15, 0.2) is 57.9 Å². The summed E-state index contributed by atoms with van der Waals surface area (Å²) in [7, 11) is -3.46. The first-order valence-electron chi connectivity index (χ1n) is 7.73. The van der Waals surface area contributed by atoms with E-state index in [1.807, 2.05) is 31.2 Å². The van der Waals surface area contributed by atoms with Crippen LogP contribution in [0.2, 0.25) is 0 Å². The van der Waals surface area contributed by atoms with Crippen LogP contribution in [0.3, 0.4) is 0 Å². The van der Waals surface area contributed by atoms with Crippen LogP contribution < -0.4 is 5.32 Å². The Morgan fingerprint density at radius 3 is 2.54 bits per heavy atom. The molecule has 2 aromatic rings. The normalized spacial score (nSPS) is 12.6. The van der Waals surface area contributed by atoms with Crippen LogP contribution in [-0.2, 0) is 9.84 Å². The molecule has 24 heavy (non-hydrogen) atoms. The third kappa shape index (κ3) is 4.45.